The number of pyridine rings is 2. The summed E-state index contributed by atoms with van der Waals surface area (Å²) in [5.41, 5.74) is 8.94. The zero-order valence-corrected chi connectivity index (χ0v) is 21.2. The van der Waals surface area contributed by atoms with Crippen molar-refractivity contribution in [2.24, 2.45) is 0 Å². The molecule has 4 aromatic rings. The summed E-state index contributed by atoms with van der Waals surface area (Å²) in [4.78, 5) is 0. The highest BCUT2D eigenvalue weighted by Crippen LogP contribution is 2.47. The van der Waals surface area contributed by atoms with Gasteiger partial charge >= 0.3 is 7.60 Å². The van der Waals surface area contributed by atoms with E-state index >= 15 is 0 Å². The van der Waals surface area contributed by atoms with Crippen LogP contribution in [0.5, 0.6) is 0 Å². The van der Waals surface area contributed by atoms with Crippen molar-refractivity contribution < 1.29 is 22.7 Å². The van der Waals surface area contributed by atoms with Crippen LogP contribution in [0.2, 0.25) is 0 Å². The fourth-order valence-corrected chi connectivity index (χ4v) is 6.28. The van der Waals surface area contributed by atoms with Gasteiger partial charge in [-0.15, -0.1) is 0 Å². The van der Waals surface area contributed by atoms with E-state index in [0.717, 1.165) is 17.5 Å². The molecule has 0 spiro atoms. The van der Waals surface area contributed by atoms with Crippen LogP contribution in [0.3, 0.4) is 0 Å². The first-order valence-electron chi connectivity index (χ1n) is 12.2. The minimum atomic E-state index is -3.04. The lowest BCUT2D eigenvalue weighted by Gasteiger charge is -2.15. The first-order chi connectivity index (χ1) is 17.1. The molecule has 6 heteroatoms. The standard InChI is InChI=1S/C29H31N2O3P/c1-3-33-35(32,34-4-2)20-19-30-15-11-23(12-16-30)24-13-17-31(18-14-24)27-9-10-29-26(22-27)21-25-7-5-6-8-28(25)29/h5-18,22H,3-4,19-21H2,1-2H3/q+2. The first kappa shape index (κ1) is 23.6. The van der Waals surface area contributed by atoms with Crippen LogP contribution in [-0.4, -0.2) is 19.4 Å². The molecule has 0 saturated carbocycles. The zero-order valence-electron chi connectivity index (χ0n) is 20.3. The number of hydrogen-bond acceptors (Lipinski definition) is 3. The van der Waals surface area contributed by atoms with Gasteiger partial charge in [0, 0.05) is 36.4 Å². The molecule has 5 nitrogen and oxygen atoms in total. The predicted octanol–water partition coefficient (Wildman–Crippen LogP) is 5.76. The molecule has 2 heterocycles. The minimum absolute atomic E-state index is 0.357. The number of benzene rings is 2. The van der Waals surface area contributed by atoms with E-state index in [1.165, 1.54) is 27.9 Å². The summed E-state index contributed by atoms with van der Waals surface area (Å²) < 4.78 is 27.6. The number of hydrogen-bond donors (Lipinski definition) is 0. The second-order valence-corrected chi connectivity index (χ2v) is 10.8. The van der Waals surface area contributed by atoms with Gasteiger partial charge in [0.25, 0.3) is 0 Å². The van der Waals surface area contributed by atoms with Crippen LogP contribution in [-0.2, 0) is 26.6 Å². The topological polar surface area (TPSA) is 43.3 Å². The van der Waals surface area contributed by atoms with Crippen LogP contribution < -0.4 is 9.13 Å². The molecule has 0 amide bonds. The maximum absolute atomic E-state index is 12.7. The van der Waals surface area contributed by atoms with Gasteiger partial charge in [-0.05, 0) is 59.7 Å². The Bertz CT molecular complexity index is 1360. The molecule has 0 atom stereocenters. The highest BCUT2D eigenvalue weighted by molar-refractivity contribution is 7.53. The molecule has 35 heavy (non-hydrogen) atoms. The van der Waals surface area contributed by atoms with Gasteiger partial charge in [-0.3, -0.25) is 4.57 Å². The molecule has 0 radical (unpaired) electrons. The average molecular weight is 487 g/mol. The molecule has 1 aliphatic rings. The molecule has 0 fully saturated rings. The third-order valence-electron chi connectivity index (χ3n) is 6.41. The smallest absolute Gasteiger partial charge is 0.309 e. The Morgan fingerprint density at radius 2 is 1.40 bits per heavy atom. The molecule has 0 saturated heterocycles. The Balaban J connectivity index is 1.27. The molecule has 2 aromatic carbocycles. The van der Waals surface area contributed by atoms with Gasteiger partial charge in [-0.25, -0.2) is 4.57 Å². The summed E-state index contributed by atoms with van der Waals surface area (Å²) in [5, 5.41) is 0. The van der Waals surface area contributed by atoms with E-state index in [1.54, 1.807) is 0 Å². The number of fused-ring (bicyclic) bond motifs is 3. The third kappa shape index (κ3) is 5.13. The summed E-state index contributed by atoms with van der Waals surface area (Å²) in [6, 6.07) is 23.8. The van der Waals surface area contributed by atoms with Crippen LogP contribution in [0.4, 0.5) is 0 Å². The normalized spacial score (nSPS) is 12.4. The van der Waals surface area contributed by atoms with Crippen molar-refractivity contribution in [3.63, 3.8) is 0 Å². The molecule has 0 aliphatic heterocycles. The van der Waals surface area contributed by atoms with E-state index in [1.807, 2.05) is 30.8 Å². The van der Waals surface area contributed by atoms with Crippen molar-refractivity contribution in [1.82, 2.24) is 0 Å². The van der Waals surface area contributed by atoms with E-state index in [2.05, 4.69) is 83.7 Å². The van der Waals surface area contributed by atoms with Gasteiger partial charge < -0.3 is 9.05 Å². The lowest BCUT2D eigenvalue weighted by atomic mass is 10.1. The fraction of sp³-hybridized carbons (Fsp3) is 0.241. The second-order valence-electron chi connectivity index (χ2n) is 8.66. The summed E-state index contributed by atoms with van der Waals surface area (Å²) in [6.45, 7) is 5.01. The fourth-order valence-electron chi connectivity index (χ4n) is 4.68. The molecule has 0 bridgehead atoms. The Kier molecular flexibility index (Phi) is 6.92. The molecular weight excluding hydrogens is 455 g/mol. The number of nitrogens with zero attached hydrogens (tertiary/aromatic N) is 2. The highest BCUT2D eigenvalue weighted by atomic mass is 31.2. The van der Waals surface area contributed by atoms with Gasteiger partial charge in [0.2, 0.25) is 5.69 Å². The van der Waals surface area contributed by atoms with Gasteiger partial charge in [0.15, 0.2) is 31.3 Å². The SMILES string of the molecule is CCOP(=O)(CC[n+]1ccc(-c2cc[n+](-c3ccc4c(c3)Cc3ccccc3-4)cc2)cc1)OCC. The van der Waals surface area contributed by atoms with Crippen molar-refractivity contribution >= 4 is 7.60 Å². The van der Waals surface area contributed by atoms with Gasteiger partial charge in [0.1, 0.15) is 6.16 Å². The Morgan fingerprint density at radius 1 is 0.771 bits per heavy atom. The molecular formula is C29H31N2O3P+2. The van der Waals surface area contributed by atoms with E-state index in [-0.39, 0.29) is 0 Å². The zero-order chi connectivity index (χ0) is 24.3. The van der Waals surface area contributed by atoms with Crippen LogP contribution >= 0.6 is 7.60 Å². The predicted molar refractivity (Wildman–Crippen MR) is 138 cm³/mol. The van der Waals surface area contributed by atoms with Crippen molar-refractivity contribution in [3.8, 4) is 27.9 Å². The Labute approximate surface area is 207 Å². The molecule has 178 valence electrons. The summed E-state index contributed by atoms with van der Waals surface area (Å²) >= 11 is 0. The maximum atomic E-state index is 12.7. The first-order valence-corrected chi connectivity index (χ1v) is 13.9. The van der Waals surface area contributed by atoms with E-state index < -0.39 is 7.60 Å². The molecule has 0 N–H and O–H groups in total. The summed E-state index contributed by atoms with van der Waals surface area (Å²) in [7, 11) is -3.04. The third-order valence-corrected chi connectivity index (χ3v) is 8.46. The minimum Gasteiger partial charge on any atom is -0.309 e. The van der Waals surface area contributed by atoms with Crippen LogP contribution in [0, 0.1) is 0 Å². The van der Waals surface area contributed by atoms with Gasteiger partial charge in [-0.1, -0.05) is 24.3 Å². The van der Waals surface area contributed by atoms with E-state index in [4.69, 9.17) is 9.05 Å². The average Bonchev–Trinajstić information content (AvgIpc) is 3.26. The quantitative estimate of drug-likeness (QED) is 0.197. The lowest BCUT2D eigenvalue weighted by molar-refractivity contribution is -0.692. The highest BCUT2D eigenvalue weighted by Gasteiger charge is 2.25. The van der Waals surface area contributed by atoms with E-state index in [0.29, 0.717) is 25.9 Å². The van der Waals surface area contributed by atoms with Crippen molar-refractivity contribution in [3.05, 3.63) is 103 Å². The Hall–Kier alpha value is -3.11. The van der Waals surface area contributed by atoms with Crippen molar-refractivity contribution in [1.29, 1.82) is 0 Å². The van der Waals surface area contributed by atoms with Gasteiger partial charge in [-0.2, -0.15) is 4.57 Å². The molecule has 2 aromatic heterocycles. The maximum Gasteiger partial charge on any atom is 0.337 e. The largest absolute Gasteiger partial charge is 0.337 e. The monoisotopic (exact) mass is 486 g/mol. The number of aromatic nitrogens is 2. The lowest BCUT2D eigenvalue weighted by Crippen LogP contribution is -2.34. The van der Waals surface area contributed by atoms with Crippen LogP contribution in [0.25, 0.3) is 27.9 Å². The van der Waals surface area contributed by atoms with Crippen LogP contribution in [0.15, 0.2) is 91.5 Å². The second kappa shape index (κ2) is 10.2. The molecule has 5 rings (SSSR count). The van der Waals surface area contributed by atoms with Gasteiger partial charge in [0.05, 0.1) is 13.2 Å². The molecule has 0 unspecified atom stereocenters. The Morgan fingerprint density at radius 3 is 2.09 bits per heavy atom. The molecule has 1 aliphatic carbocycles. The van der Waals surface area contributed by atoms with Crippen LogP contribution in [0.1, 0.15) is 25.0 Å². The van der Waals surface area contributed by atoms with Crippen molar-refractivity contribution in [2.45, 2.75) is 26.8 Å². The van der Waals surface area contributed by atoms with Crippen molar-refractivity contribution in [2.75, 3.05) is 19.4 Å². The summed E-state index contributed by atoms with van der Waals surface area (Å²) in [5.74, 6) is 0. The number of aryl methyl sites for hydroxylation is 1. The number of rotatable bonds is 9. The van der Waals surface area contributed by atoms with E-state index in [9.17, 15) is 4.57 Å². The summed E-state index contributed by atoms with van der Waals surface area (Å²) in [6.07, 6.45) is 9.59.